The number of likely N-dealkylation sites (N-methyl/N-ethyl adjacent to an activating group) is 1. The minimum Gasteiger partial charge on any atom is -0.380 e. The zero-order valence-electron chi connectivity index (χ0n) is 10.6. The summed E-state index contributed by atoms with van der Waals surface area (Å²) in [5.74, 6) is 0.709. The first-order valence-corrected chi connectivity index (χ1v) is 7.64. The zero-order valence-corrected chi connectivity index (χ0v) is 11.4. The molecule has 5 heteroatoms. The summed E-state index contributed by atoms with van der Waals surface area (Å²) in [5.41, 5.74) is 0. The van der Waals surface area contributed by atoms with Gasteiger partial charge >= 0.3 is 0 Å². The third-order valence-corrected chi connectivity index (χ3v) is 4.92. The maximum Gasteiger partial charge on any atom is 0.242 e. The van der Waals surface area contributed by atoms with Crippen molar-refractivity contribution in [1.82, 2.24) is 4.31 Å². The first-order chi connectivity index (χ1) is 8.60. The average Bonchev–Trinajstić information content (AvgIpc) is 3.19. The van der Waals surface area contributed by atoms with Crippen molar-refractivity contribution in [1.29, 1.82) is 0 Å². The molecule has 0 unspecified atom stereocenters. The van der Waals surface area contributed by atoms with Gasteiger partial charge in [0, 0.05) is 20.2 Å². The van der Waals surface area contributed by atoms with E-state index in [0.717, 1.165) is 6.61 Å². The van der Waals surface area contributed by atoms with Crippen LogP contribution >= 0.6 is 0 Å². The molecule has 0 aromatic heterocycles. The molecule has 4 nitrogen and oxygen atoms in total. The Morgan fingerprint density at radius 1 is 1.28 bits per heavy atom. The quantitative estimate of drug-likeness (QED) is 0.708. The molecule has 1 aliphatic carbocycles. The van der Waals surface area contributed by atoms with Gasteiger partial charge < -0.3 is 4.74 Å². The fraction of sp³-hybridized carbons (Fsp3) is 0.538. The summed E-state index contributed by atoms with van der Waals surface area (Å²) in [6.45, 7) is 1.61. The summed E-state index contributed by atoms with van der Waals surface area (Å²) in [6, 6.07) is 8.47. The summed E-state index contributed by atoms with van der Waals surface area (Å²) >= 11 is 0. The van der Waals surface area contributed by atoms with E-state index in [1.54, 1.807) is 37.4 Å². The van der Waals surface area contributed by atoms with Crippen LogP contribution in [0.1, 0.15) is 12.8 Å². The molecule has 0 amide bonds. The number of hydrogen-bond acceptors (Lipinski definition) is 3. The normalized spacial score (nSPS) is 16.1. The Hall–Kier alpha value is -0.910. The number of rotatable bonds is 7. The molecule has 0 heterocycles. The van der Waals surface area contributed by atoms with Crippen LogP contribution in [0.4, 0.5) is 0 Å². The summed E-state index contributed by atoms with van der Waals surface area (Å²) in [6.07, 6.45) is 2.50. The number of nitrogens with zero attached hydrogens (tertiary/aromatic N) is 1. The van der Waals surface area contributed by atoms with Crippen LogP contribution in [0.15, 0.2) is 35.2 Å². The molecular formula is C13H19NO3S. The molecule has 1 fully saturated rings. The van der Waals surface area contributed by atoms with Crippen LogP contribution in [0.2, 0.25) is 0 Å². The van der Waals surface area contributed by atoms with Gasteiger partial charge in [0.2, 0.25) is 10.0 Å². The van der Waals surface area contributed by atoms with Crippen LogP contribution in [0.3, 0.4) is 0 Å². The maximum atomic E-state index is 12.1. The second kappa shape index (κ2) is 5.82. The van der Waals surface area contributed by atoms with Gasteiger partial charge in [-0.05, 0) is 30.9 Å². The molecule has 0 radical (unpaired) electrons. The standard InChI is InChI=1S/C13H19NO3S/c1-14(9-10-17-11-12-7-8-12)18(15,16)13-5-3-2-4-6-13/h2-6,12H,7-11H2,1H3. The number of sulfonamides is 1. The lowest BCUT2D eigenvalue weighted by atomic mass is 10.4. The van der Waals surface area contributed by atoms with E-state index in [2.05, 4.69) is 0 Å². The van der Waals surface area contributed by atoms with Crippen LogP contribution in [0.5, 0.6) is 0 Å². The van der Waals surface area contributed by atoms with Crippen molar-refractivity contribution in [2.24, 2.45) is 5.92 Å². The Kier molecular flexibility index (Phi) is 4.37. The summed E-state index contributed by atoms with van der Waals surface area (Å²) in [5, 5.41) is 0. The average molecular weight is 269 g/mol. The molecule has 18 heavy (non-hydrogen) atoms. The van der Waals surface area contributed by atoms with Crippen molar-refractivity contribution < 1.29 is 13.2 Å². The molecule has 0 spiro atoms. The molecule has 0 aliphatic heterocycles. The van der Waals surface area contributed by atoms with Crippen molar-refractivity contribution in [2.45, 2.75) is 17.7 Å². The van der Waals surface area contributed by atoms with Crippen LogP contribution in [0.25, 0.3) is 0 Å². The Bertz CT molecular complexity index is 468. The Morgan fingerprint density at radius 2 is 1.94 bits per heavy atom. The lowest BCUT2D eigenvalue weighted by Crippen LogP contribution is -2.30. The third-order valence-electron chi connectivity index (χ3n) is 3.05. The fourth-order valence-corrected chi connectivity index (χ4v) is 2.80. The van der Waals surface area contributed by atoms with Crippen molar-refractivity contribution in [3.63, 3.8) is 0 Å². The van der Waals surface area contributed by atoms with E-state index in [-0.39, 0.29) is 0 Å². The van der Waals surface area contributed by atoms with Gasteiger partial charge in [-0.2, -0.15) is 4.31 Å². The first kappa shape index (κ1) is 13.5. The van der Waals surface area contributed by atoms with E-state index >= 15 is 0 Å². The van der Waals surface area contributed by atoms with E-state index in [9.17, 15) is 8.42 Å². The summed E-state index contributed by atoms with van der Waals surface area (Å²) in [4.78, 5) is 0.328. The predicted molar refractivity (Wildman–Crippen MR) is 69.8 cm³/mol. The number of hydrogen-bond donors (Lipinski definition) is 0. The lowest BCUT2D eigenvalue weighted by Gasteiger charge is -2.17. The van der Waals surface area contributed by atoms with Crippen molar-refractivity contribution in [3.8, 4) is 0 Å². The van der Waals surface area contributed by atoms with Crippen molar-refractivity contribution in [2.75, 3.05) is 26.8 Å². The Morgan fingerprint density at radius 3 is 2.56 bits per heavy atom. The maximum absolute atomic E-state index is 12.1. The SMILES string of the molecule is CN(CCOCC1CC1)S(=O)(=O)c1ccccc1. The third kappa shape index (κ3) is 3.54. The van der Waals surface area contributed by atoms with Gasteiger partial charge in [-0.1, -0.05) is 18.2 Å². The highest BCUT2D eigenvalue weighted by Crippen LogP contribution is 2.28. The monoisotopic (exact) mass is 269 g/mol. The smallest absolute Gasteiger partial charge is 0.242 e. The Labute approximate surface area is 109 Å². The molecule has 0 N–H and O–H groups in total. The minimum absolute atomic E-state index is 0.328. The Balaban J connectivity index is 1.84. The van der Waals surface area contributed by atoms with Gasteiger partial charge in [0.1, 0.15) is 0 Å². The number of ether oxygens (including phenoxy) is 1. The molecule has 1 saturated carbocycles. The predicted octanol–water partition coefficient (Wildman–Crippen LogP) is 1.73. The molecule has 1 aliphatic rings. The van der Waals surface area contributed by atoms with Crippen LogP contribution in [-0.2, 0) is 14.8 Å². The molecule has 2 rings (SSSR count). The molecule has 0 atom stereocenters. The summed E-state index contributed by atoms with van der Waals surface area (Å²) < 4.78 is 31.1. The van der Waals surface area contributed by atoms with Crippen molar-refractivity contribution in [3.05, 3.63) is 30.3 Å². The van der Waals surface area contributed by atoms with E-state index < -0.39 is 10.0 Å². The molecule has 0 bridgehead atoms. The van der Waals surface area contributed by atoms with E-state index in [1.807, 2.05) is 0 Å². The van der Waals surface area contributed by atoms with Gasteiger partial charge in [-0.15, -0.1) is 0 Å². The molecular weight excluding hydrogens is 250 g/mol. The minimum atomic E-state index is -3.37. The van der Waals surface area contributed by atoms with Crippen molar-refractivity contribution >= 4 is 10.0 Å². The van der Waals surface area contributed by atoms with Gasteiger partial charge in [0.25, 0.3) is 0 Å². The first-order valence-electron chi connectivity index (χ1n) is 6.20. The van der Waals surface area contributed by atoms with E-state index in [0.29, 0.717) is 24.0 Å². The molecule has 100 valence electrons. The topological polar surface area (TPSA) is 46.6 Å². The molecule has 0 saturated heterocycles. The van der Waals surface area contributed by atoms with Crippen LogP contribution in [0, 0.1) is 5.92 Å². The second-order valence-electron chi connectivity index (χ2n) is 4.66. The van der Waals surface area contributed by atoms with Crippen LogP contribution in [-0.4, -0.2) is 39.5 Å². The van der Waals surface area contributed by atoms with Gasteiger partial charge in [0.15, 0.2) is 0 Å². The highest BCUT2D eigenvalue weighted by atomic mass is 32.2. The van der Waals surface area contributed by atoms with Gasteiger partial charge in [-0.25, -0.2) is 8.42 Å². The van der Waals surface area contributed by atoms with Gasteiger partial charge in [-0.3, -0.25) is 0 Å². The second-order valence-corrected chi connectivity index (χ2v) is 6.70. The number of benzene rings is 1. The molecule has 1 aromatic rings. The van der Waals surface area contributed by atoms with E-state index in [4.69, 9.17) is 4.74 Å². The van der Waals surface area contributed by atoms with Gasteiger partial charge in [0.05, 0.1) is 11.5 Å². The molecule has 1 aromatic carbocycles. The highest BCUT2D eigenvalue weighted by molar-refractivity contribution is 7.89. The highest BCUT2D eigenvalue weighted by Gasteiger charge is 2.22. The largest absolute Gasteiger partial charge is 0.380 e. The van der Waals surface area contributed by atoms with E-state index in [1.165, 1.54) is 17.1 Å². The van der Waals surface area contributed by atoms with Crippen LogP contribution < -0.4 is 0 Å². The fourth-order valence-electron chi connectivity index (χ4n) is 1.62. The lowest BCUT2D eigenvalue weighted by molar-refractivity contribution is 0.117. The zero-order chi connectivity index (χ0) is 13.0. The summed E-state index contributed by atoms with van der Waals surface area (Å²) in [7, 11) is -1.78.